The van der Waals surface area contributed by atoms with Crippen LogP contribution in [0, 0.1) is 0 Å². The summed E-state index contributed by atoms with van der Waals surface area (Å²) in [4.78, 5) is 12.0. The van der Waals surface area contributed by atoms with Gasteiger partial charge in [-0.15, -0.1) is 13.2 Å². The van der Waals surface area contributed by atoms with Gasteiger partial charge in [-0.2, -0.15) is 0 Å². The summed E-state index contributed by atoms with van der Waals surface area (Å²) >= 11 is 0. The quantitative estimate of drug-likeness (QED) is 0.536. The number of rotatable bonds is 7. The number of benzene rings is 3. The molecule has 156 valence electrons. The van der Waals surface area contributed by atoms with Crippen molar-refractivity contribution in [3.8, 4) is 11.5 Å². The minimum atomic E-state index is -4.76. The number of hydrogen-bond acceptors (Lipinski definition) is 3. The lowest BCUT2D eigenvalue weighted by atomic mass is 10.2. The third-order valence-electron chi connectivity index (χ3n) is 3.95. The maximum Gasteiger partial charge on any atom is 0.573 e. The van der Waals surface area contributed by atoms with Crippen LogP contribution >= 0.6 is 0 Å². The van der Waals surface area contributed by atoms with Crippen LogP contribution in [0.4, 0.5) is 23.7 Å². The molecule has 0 unspecified atom stereocenters. The molecule has 0 aliphatic carbocycles. The third kappa shape index (κ3) is 7.05. The molecule has 30 heavy (non-hydrogen) atoms. The van der Waals surface area contributed by atoms with E-state index in [4.69, 9.17) is 4.74 Å². The van der Waals surface area contributed by atoms with Crippen molar-refractivity contribution in [2.75, 3.05) is 5.32 Å². The average molecular weight is 416 g/mol. The molecule has 2 amide bonds. The van der Waals surface area contributed by atoms with Crippen LogP contribution in [0.3, 0.4) is 0 Å². The number of hydrogen-bond donors (Lipinski definition) is 2. The van der Waals surface area contributed by atoms with Crippen molar-refractivity contribution in [3.63, 3.8) is 0 Å². The standard InChI is InChI=1S/C22H19F3N2O3/c23-22(24,25)30-20-8-4-7-17(13-20)14-26-21(28)27-18-9-11-19(12-10-18)29-15-16-5-2-1-3-6-16/h1-13H,14-15H2,(H2,26,27,28). The fraction of sp³-hybridized carbons (Fsp3) is 0.136. The second kappa shape index (κ2) is 9.69. The Morgan fingerprint density at radius 2 is 1.53 bits per heavy atom. The van der Waals surface area contributed by atoms with Crippen molar-refractivity contribution in [2.24, 2.45) is 0 Å². The van der Waals surface area contributed by atoms with E-state index < -0.39 is 12.4 Å². The number of alkyl halides is 3. The summed E-state index contributed by atoms with van der Waals surface area (Å²) in [6.45, 7) is 0.477. The summed E-state index contributed by atoms with van der Waals surface area (Å²) < 4.78 is 46.4. The van der Waals surface area contributed by atoms with Crippen molar-refractivity contribution in [3.05, 3.63) is 90.0 Å². The number of halogens is 3. The van der Waals surface area contributed by atoms with Crippen molar-refractivity contribution < 1.29 is 27.4 Å². The third-order valence-corrected chi connectivity index (χ3v) is 3.95. The van der Waals surface area contributed by atoms with Crippen LogP contribution in [0.2, 0.25) is 0 Å². The van der Waals surface area contributed by atoms with Gasteiger partial charge in [0.2, 0.25) is 0 Å². The Hall–Kier alpha value is -3.68. The Balaban J connectivity index is 1.46. The first kappa shape index (κ1) is 21.0. The molecule has 0 atom stereocenters. The molecule has 3 rings (SSSR count). The van der Waals surface area contributed by atoms with Gasteiger partial charge in [0.15, 0.2) is 0 Å². The van der Waals surface area contributed by atoms with Gasteiger partial charge >= 0.3 is 12.4 Å². The molecule has 3 aromatic carbocycles. The summed E-state index contributed by atoms with van der Waals surface area (Å²) in [5.74, 6) is 0.319. The Morgan fingerprint density at radius 1 is 0.833 bits per heavy atom. The van der Waals surface area contributed by atoms with Crippen LogP contribution in [-0.2, 0) is 13.2 Å². The number of carbonyl (C=O) groups excluding carboxylic acids is 1. The van der Waals surface area contributed by atoms with Gasteiger partial charge in [-0.1, -0.05) is 42.5 Å². The molecule has 0 saturated heterocycles. The molecular weight excluding hydrogens is 397 g/mol. The summed E-state index contributed by atoms with van der Waals surface area (Å²) in [6.07, 6.45) is -4.76. The molecule has 0 aromatic heterocycles. The van der Waals surface area contributed by atoms with Crippen molar-refractivity contribution in [1.82, 2.24) is 5.32 Å². The Kier molecular flexibility index (Phi) is 6.79. The van der Waals surface area contributed by atoms with E-state index in [9.17, 15) is 18.0 Å². The van der Waals surface area contributed by atoms with E-state index >= 15 is 0 Å². The lowest BCUT2D eigenvalue weighted by Crippen LogP contribution is -2.28. The SMILES string of the molecule is O=C(NCc1cccc(OC(F)(F)F)c1)Nc1ccc(OCc2ccccc2)cc1. The first-order valence-electron chi connectivity index (χ1n) is 9.04. The Labute approximate surface area is 171 Å². The van der Waals surface area contributed by atoms with Crippen molar-refractivity contribution in [2.45, 2.75) is 19.5 Å². The summed E-state index contributed by atoms with van der Waals surface area (Å²) in [5, 5.41) is 5.23. The van der Waals surface area contributed by atoms with Gasteiger partial charge in [-0.05, 0) is 47.5 Å². The van der Waals surface area contributed by atoms with Crippen LogP contribution in [0.1, 0.15) is 11.1 Å². The van der Waals surface area contributed by atoms with Crippen LogP contribution < -0.4 is 20.1 Å². The zero-order valence-electron chi connectivity index (χ0n) is 15.8. The molecule has 2 N–H and O–H groups in total. The zero-order chi connectivity index (χ0) is 21.4. The fourth-order valence-electron chi connectivity index (χ4n) is 2.59. The van der Waals surface area contributed by atoms with Gasteiger partial charge in [-0.25, -0.2) is 4.79 Å². The van der Waals surface area contributed by atoms with Crippen molar-refractivity contribution in [1.29, 1.82) is 0 Å². The zero-order valence-corrected chi connectivity index (χ0v) is 15.8. The Morgan fingerprint density at radius 3 is 2.23 bits per heavy atom. The average Bonchev–Trinajstić information content (AvgIpc) is 2.72. The molecule has 0 radical (unpaired) electrons. The molecule has 0 aliphatic heterocycles. The molecule has 5 nitrogen and oxygen atoms in total. The van der Waals surface area contributed by atoms with E-state index in [1.54, 1.807) is 30.3 Å². The Bertz CT molecular complexity index is 961. The van der Waals surface area contributed by atoms with Crippen LogP contribution in [0.25, 0.3) is 0 Å². The van der Waals surface area contributed by atoms with Gasteiger partial charge in [0.25, 0.3) is 0 Å². The fourth-order valence-corrected chi connectivity index (χ4v) is 2.59. The molecule has 0 saturated carbocycles. The number of urea groups is 1. The van der Waals surface area contributed by atoms with Gasteiger partial charge in [0, 0.05) is 12.2 Å². The van der Waals surface area contributed by atoms with Crippen LogP contribution in [-0.4, -0.2) is 12.4 Å². The van der Waals surface area contributed by atoms with Gasteiger partial charge in [0.05, 0.1) is 0 Å². The molecule has 0 spiro atoms. The maximum absolute atomic E-state index is 12.3. The van der Waals surface area contributed by atoms with Gasteiger partial charge in [-0.3, -0.25) is 0 Å². The highest BCUT2D eigenvalue weighted by Gasteiger charge is 2.31. The summed E-state index contributed by atoms with van der Waals surface area (Å²) in [5.41, 5.74) is 2.06. The molecule has 0 fully saturated rings. The van der Waals surface area contributed by atoms with E-state index in [1.165, 1.54) is 18.2 Å². The topological polar surface area (TPSA) is 59.6 Å². The minimum absolute atomic E-state index is 0.0408. The highest BCUT2D eigenvalue weighted by molar-refractivity contribution is 5.89. The predicted molar refractivity (Wildman–Crippen MR) is 106 cm³/mol. The lowest BCUT2D eigenvalue weighted by Gasteiger charge is -2.11. The second-order valence-corrected chi connectivity index (χ2v) is 6.30. The molecule has 3 aromatic rings. The second-order valence-electron chi connectivity index (χ2n) is 6.30. The largest absolute Gasteiger partial charge is 0.573 e. The summed E-state index contributed by atoms with van der Waals surface area (Å²) in [6, 6.07) is 21.5. The minimum Gasteiger partial charge on any atom is -0.489 e. The summed E-state index contributed by atoms with van der Waals surface area (Å²) in [7, 11) is 0. The number of anilines is 1. The number of amides is 2. The molecule has 0 aliphatic rings. The highest BCUT2D eigenvalue weighted by Crippen LogP contribution is 2.23. The lowest BCUT2D eigenvalue weighted by molar-refractivity contribution is -0.274. The maximum atomic E-state index is 12.3. The normalized spacial score (nSPS) is 10.9. The monoisotopic (exact) mass is 416 g/mol. The number of carbonyl (C=O) groups is 1. The van der Waals surface area contributed by atoms with E-state index in [-0.39, 0.29) is 12.3 Å². The van der Waals surface area contributed by atoms with E-state index in [2.05, 4.69) is 15.4 Å². The molecular formula is C22H19F3N2O3. The number of ether oxygens (including phenoxy) is 2. The van der Waals surface area contributed by atoms with Gasteiger partial charge in [0.1, 0.15) is 18.1 Å². The van der Waals surface area contributed by atoms with Crippen molar-refractivity contribution >= 4 is 11.7 Å². The van der Waals surface area contributed by atoms with Crippen LogP contribution in [0.15, 0.2) is 78.9 Å². The van der Waals surface area contributed by atoms with Gasteiger partial charge < -0.3 is 20.1 Å². The highest BCUT2D eigenvalue weighted by atomic mass is 19.4. The first-order chi connectivity index (χ1) is 14.4. The van der Waals surface area contributed by atoms with E-state index in [0.29, 0.717) is 23.6 Å². The smallest absolute Gasteiger partial charge is 0.489 e. The molecule has 0 heterocycles. The predicted octanol–water partition coefficient (Wildman–Crippen LogP) is 5.49. The van der Waals surface area contributed by atoms with Crippen LogP contribution in [0.5, 0.6) is 11.5 Å². The molecule has 8 heteroatoms. The molecule has 0 bridgehead atoms. The van der Waals surface area contributed by atoms with E-state index in [1.807, 2.05) is 30.3 Å². The number of nitrogens with one attached hydrogen (secondary N) is 2. The van der Waals surface area contributed by atoms with E-state index in [0.717, 1.165) is 5.56 Å². The first-order valence-corrected chi connectivity index (χ1v) is 9.04.